The number of pyridine rings is 3. The normalized spacial score (nSPS) is 8.64. The van der Waals surface area contributed by atoms with E-state index in [1.54, 1.807) is 61.4 Å². The predicted molar refractivity (Wildman–Crippen MR) is 310 cm³/mol. The van der Waals surface area contributed by atoms with E-state index in [9.17, 15) is 10.1 Å². The van der Waals surface area contributed by atoms with Gasteiger partial charge in [-0.15, -0.1) is 54.4 Å². The van der Waals surface area contributed by atoms with Crippen molar-refractivity contribution < 1.29 is 26.0 Å². The van der Waals surface area contributed by atoms with Gasteiger partial charge in [0, 0.05) is 41.4 Å². The average Bonchev–Trinajstić information content (AvgIpc) is 3.32. The van der Waals surface area contributed by atoms with Gasteiger partial charge in [0.2, 0.25) is 0 Å². The first-order valence-corrected chi connectivity index (χ1v) is 23.3. The number of allylic oxidation sites excluding steroid dienone is 1. The Kier molecular flexibility index (Phi) is 41.5. The van der Waals surface area contributed by atoms with Crippen LogP contribution >= 0.6 is 112 Å². The Hall–Kier alpha value is -4.49. The number of benzene rings is 4. The second-order valence-corrected chi connectivity index (χ2v) is 17.0. The monoisotopic (exact) mass is 1480 g/mol. The fraction of sp³-hybridized carbons (Fsp3) is 0.0741. The Balaban J connectivity index is -0.000000777. The summed E-state index contributed by atoms with van der Waals surface area (Å²) in [4.78, 5) is 21.8. The molecule has 67 heavy (non-hydrogen) atoms. The molecule has 7 aromatic rings. The first-order valence-electron chi connectivity index (χ1n) is 18.0. The molecule has 0 spiro atoms. The molecule has 3 heterocycles. The van der Waals surface area contributed by atoms with Crippen molar-refractivity contribution in [2.75, 3.05) is 0 Å². The molecular formula is C54H47Br4I3N5O-. The SMILES string of the molecule is C.C.C.C#Cc1ccncc1.C(#Cc1ccncc1)[I-]C#Cc1ccncc1.I.I.N#C/C(=C\c1ccc(Br)cc1)c1ccc(Br)cc1.N#CCc1ccc(Br)cc1.O=Cc1ccc(Br)cc1. The van der Waals surface area contributed by atoms with E-state index in [2.05, 4.69) is 116 Å². The van der Waals surface area contributed by atoms with Crippen molar-refractivity contribution in [1.29, 1.82) is 10.5 Å². The van der Waals surface area contributed by atoms with Gasteiger partial charge in [-0.25, -0.2) is 0 Å². The van der Waals surface area contributed by atoms with Gasteiger partial charge in [-0.05, 0) is 83.4 Å². The van der Waals surface area contributed by atoms with Crippen molar-refractivity contribution in [3.8, 4) is 44.2 Å². The third-order valence-corrected chi connectivity index (χ3v) is 10.5. The summed E-state index contributed by atoms with van der Waals surface area (Å²) in [5, 5.41) is 17.6. The van der Waals surface area contributed by atoms with E-state index in [1.165, 1.54) is 0 Å². The summed E-state index contributed by atoms with van der Waals surface area (Å²) in [6.45, 7) is 0. The maximum Gasteiger partial charge on any atom is 0.150 e. The molecule has 0 bridgehead atoms. The van der Waals surface area contributed by atoms with Crippen molar-refractivity contribution in [3.63, 3.8) is 0 Å². The summed E-state index contributed by atoms with van der Waals surface area (Å²) in [6.07, 6.45) is 18.6. The van der Waals surface area contributed by atoms with E-state index >= 15 is 0 Å². The zero-order valence-electron chi connectivity index (χ0n) is 33.5. The van der Waals surface area contributed by atoms with E-state index in [-0.39, 0.29) is 91.4 Å². The minimum atomic E-state index is -0.390. The van der Waals surface area contributed by atoms with Crippen LogP contribution in [0.5, 0.6) is 0 Å². The van der Waals surface area contributed by atoms with Gasteiger partial charge < -0.3 is 0 Å². The van der Waals surface area contributed by atoms with E-state index in [0.29, 0.717) is 17.6 Å². The molecule has 0 amide bonds. The van der Waals surface area contributed by atoms with E-state index in [4.69, 9.17) is 11.7 Å². The average molecular weight is 1480 g/mol. The number of aldehydes is 1. The van der Waals surface area contributed by atoms with Crippen LogP contribution in [0.3, 0.4) is 0 Å². The van der Waals surface area contributed by atoms with E-state index in [1.807, 2.05) is 115 Å². The third-order valence-electron chi connectivity index (χ3n) is 7.34. The van der Waals surface area contributed by atoms with Gasteiger partial charge in [0.1, 0.15) is 6.29 Å². The summed E-state index contributed by atoms with van der Waals surface area (Å²) in [6, 6.07) is 46.0. The second-order valence-electron chi connectivity index (χ2n) is 11.7. The number of hydrogen-bond donors (Lipinski definition) is 0. The number of halogens is 7. The number of aromatic nitrogens is 3. The zero-order valence-corrected chi connectivity index (χ0v) is 46.6. The molecule has 0 aliphatic heterocycles. The molecule has 0 atom stereocenters. The van der Waals surface area contributed by atoms with Crippen LogP contribution in [0.4, 0.5) is 0 Å². The summed E-state index contributed by atoms with van der Waals surface area (Å²) >= 11 is 13.0. The van der Waals surface area contributed by atoms with Gasteiger partial charge in [0.25, 0.3) is 0 Å². The Morgan fingerprint density at radius 1 is 0.537 bits per heavy atom. The molecule has 13 heteroatoms. The first kappa shape index (κ1) is 66.8. The molecule has 4 aromatic carbocycles. The molecule has 0 saturated carbocycles. The van der Waals surface area contributed by atoms with Gasteiger partial charge >= 0.3 is 111 Å². The van der Waals surface area contributed by atoms with Gasteiger partial charge in [-0.1, -0.05) is 140 Å². The second kappa shape index (κ2) is 41.7. The minimum absolute atomic E-state index is 0. The maximum absolute atomic E-state index is 10.1. The first-order chi connectivity index (χ1) is 30.2. The topological polar surface area (TPSA) is 103 Å². The molecule has 0 unspecified atom stereocenters. The number of carbonyl (C=O) groups excluding carboxylic acids is 1. The van der Waals surface area contributed by atoms with Crippen molar-refractivity contribution >= 4 is 130 Å². The maximum atomic E-state index is 10.1. The molecule has 6 nitrogen and oxygen atoms in total. The molecule has 0 aliphatic rings. The summed E-state index contributed by atoms with van der Waals surface area (Å²) in [7, 11) is 0. The molecule has 0 N–H and O–H groups in total. The van der Waals surface area contributed by atoms with E-state index in [0.717, 1.165) is 57.6 Å². The van der Waals surface area contributed by atoms with Crippen molar-refractivity contribution in [3.05, 3.63) is 227 Å². The van der Waals surface area contributed by atoms with Crippen LogP contribution in [0.2, 0.25) is 0 Å². The largest absolute Gasteiger partial charge is 0.298 e. The Morgan fingerprint density at radius 2 is 0.896 bits per heavy atom. The summed E-state index contributed by atoms with van der Waals surface area (Å²) in [5.41, 5.74) is 7.21. The van der Waals surface area contributed by atoms with Crippen molar-refractivity contribution in [1.82, 2.24) is 15.0 Å². The predicted octanol–water partition coefficient (Wildman–Crippen LogP) is 13.1. The molecule has 344 valence electrons. The Labute approximate surface area is 475 Å². The van der Waals surface area contributed by atoms with Crippen LogP contribution in [0, 0.1) is 54.7 Å². The molecule has 0 fully saturated rings. The fourth-order valence-electron chi connectivity index (χ4n) is 4.27. The zero-order chi connectivity index (χ0) is 44.6. The summed E-state index contributed by atoms with van der Waals surface area (Å²) < 4.78 is 10.3. The van der Waals surface area contributed by atoms with Crippen LogP contribution in [-0.2, 0) is 6.42 Å². The van der Waals surface area contributed by atoms with Crippen molar-refractivity contribution in [2.24, 2.45) is 0 Å². The Bertz CT molecular complexity index is 2650. The number of carbonyl (C=O) groups is 1. The molecule has 7 rings (SSSR count). The molecular weight excluding hydrogens is 1430 g/mol. The van der Waals surface area contributed by atoms with Gasteiger partial charge in [-0.2, -0.15) is 10.5 Å². The summed E-state index contributed by atoms with van der Waals surface area (Å²) in [5.74, 6) is 8.64. The fourth-order valence-corrected chi connectivity index (χ4v) is 6.35. The quantitative estimate of drug-likeness (QED) is 0.0572. The molecule has 0 aliphatic carbocycles. The van der Waals surface area contributed by atoms with Crippen molar-refractivity contribution in [2.45, 2.75) is 28.7 Å². The van der Waals surface area contributed by atoms with E-state index < -0.39 is 0 Å². The minimum Gasteiger partial charge on any atom is -0.298 e. The number of nitriles is 2. The third kappa shape index (κ3) is 30.5. The number of rotatable bonds is 4. The number of hydrogen-bond acceptors (Lipinski definition) is 6. The van der Waals surface area contributed by atoms with Gasteiger partial charge in [0.05, 0.1) is 24.1 Å². The standard InChI is InChI=1S/C15H9Br2N.C14H8IN2.C8H6BrN.C7H5BrO.C7H5N.3CH4.2HI/c16-14-5-1-11(2-6-14)9-13(10-18)12-3-7-15(17)8-4-12;1(13-3-9-16-10-4-13)7-15-8-2-14-5-11-17-12-6-14;9-8-3-1-7(2-4-8)5-6-10;8-7-3-1-6(5-9)2-4-7;1-2-7-3-5-8-6-4-7;;;;;/h1-9H;3-6,9-12H;1-4H,5H2;1-5H;1,3-6H;3*1H4;2*1H/q;-1;;;;;;;;/b13-9+;;;;;;;;;. The molecule has 0 radical (unpaired) electrons. The molecule has 0 saturated heterocycles. The van der Waals surface area contributed by atoms with Gasteiger partial charge in [0.15, 0.2) is 0 Å². The van der Waals surface area contributed by atoms with Crippen LogP contribution in [0.1, 0.15) is 66.0 Å². The smallest absolute Gasteiger partial charge is 0.150 e. The van der Waals surface area contributed by atoms with Crippen LogP contribution in [-0.4, -0.2) is 21.2 Å². The Morgan fingerprint density at radius 3 is 1.24 bits per heavy atom. The van der Waals surface area contributed by atoms with Gasteiger partial charge in [-0.3, -0.25) is 9.78 Å². The van der Waals surface area contributed by atoms with Crippen LogP contribution in [0.15, 0.2) is 189 Å². The number of nitrogens with zero attached hydrogens (tertiary/aromatic N) is 5. The van der Waals surface area contributed by atoms with Crippen LogP contribution in [0.25, 0.3) is 11.6 Å². The van der Waals surface area contributed by atoms with Crippen LogP contribution < -0.4 is 21.2 Å². The number of terminal acetylenes is 1. The molecule has 3 aromatic heterocycles.